The molecule has 0 fully saturated rings. The number of rotatable bonds is 6. The summed E-state index contributed by atoms with van der Waals surface area (Å²) in [4.78, 5) is 5.57. The van der Waals surface area contributed by atoms with Crippen LogP contribution in [0, 0.1) is 5.92 Å². The number of thiophene rings is 1. The van der Waals surface area contributed by atoms with Crippen molar-refractivity contribution >= 4 is 41.3 Å². The van der Waals surface area contributed by atoms with Crippen molar-refractivity contribution in [3.05, 3.63) is 40.6 Å². The van der Waals surface area contributed by atoms with E-state index >= 15 is 0 Å². The second-order valence-corrected chi connectivity index (χ2v) is 6.50. The van der Waals surface area contributed by atoms with Gasteiger partial charge in [-0.15, -0.1) is 35.3 Å². The summed E-state index contributed by atoms with van der Waals surface area (Å²) in [5.41, 5.74) is 8.23. The van der Waals surface area contributed by atoms with E-state index in [1.807, 2.05) is 12.1 Å². The average Bonchev–Trinajstić information content (AvgIpc) is 3.00. The molecule has 0 unspecified atom stereocenters. The highest BCUT2D eigenvalue weighted by Gasteiger charge is 2.03. The number of halogens is 1. The summed E-state index contributed by atoms with van der Waals surface area (Å²) in [7, 11) is 1.67. The number of aliphatic imine (C=N–C) groups is 1. The number of nitrogens with two attached hydrogens (primary N) is 1. The molecule has 0 atom stereocenters. The molecule has 126 valence electrons. The molecule has 0 bridgehead atoms. The van der Waals surface area contributed by atoms with Crippen LogP contribution in [0.1, 0.15) is 18.7 Å². The summed E-state index contributed by atoms with van der Waals surface area (Å²) in [5.74, 6) is 1.93. The lowest BCUT2D eigenvalue weighted by molar-refractivity contribution is 0.415. The number of hydrogen-bond acceptors (Lipinski definition) is 3. The van der Waals surface area contributed by atoms with E-state index in [-0.39, 0.29) is 24.0 Å². The lowest BCUT2D eigenvalue weighted by atomic mass is 10.1. The molecule has 0 aliphatic carbocycles. The minimum absolute atomic E-state index is 0. The van der Waals surface area contributed by atoms with Gasteiger partial charge in [-0.25, -0.2) is 4.99 Å². The third kappa shape index (κ3) is 6.39. The summed E-state index contributed by atoms with van der Waals surface area (Å²) in [6.45, 7) is 5.73. The van der Waals surface area contributed by atoms with Gasteiger partial charge < -0.3 is 15.8 Å². The Hall–Kier alpha value is -1.28. The minimum atomic E-state index is 0. The van der Waals surface area contributed by atoms with Gasteiger partial charge in [0.25, 0.3) is 0 Å². The van der Waals surface area contributed by atoms with Gasteiger partial charge >= 0.3 is 0 Å². The number of hydrogen-bond donors (Lipinski definition) is 2. The molecule has 0 saturated carbocycles. The van der Waals surface area contributed by atoms with E-state index in [9.17, 15) is 0 Å². The van der Waals surface area contributed by atoms with Crippen molar-refractivity contribution in [1.82, 2.24) is 5.32 Å². The van der Waals surface area contributed by atoms with Crippen LogP contribution in [0.15, 0.2) is 40.7 Å². The van der Waals surface area contributed by atoms with Crippen LogP contribution in [0.3, 0.4) is 0 Å². The van der Waals surface area contributed by atoms with E-state index in [0.29, 0.717) is 18.4 Å². The number of nitrogens with zero attached hydrogens (tertiary/aromatic N) is 1. The molecule has 6 heteroatoms. The van der Waals surface area contributed by atoms with Crippen LogP contribution in [-0.4, -0.2) is 19.6 Å². The van der Waals surface area contributed by atoms with Gasteiger partial charge in [0.1, 0.15) is 5.75 Å². The van der Waals surface area contributed by atoms with Crippen LogP contribution in [-0.2, 0) is 6.54 Å². The van der Waals surface area contributed by atoms with E-state index in [2.05, 4.69) is 47.7 Å². The molecule has 0 aliphatic rings. The van der Waals surface area contributed by atoms with E-state index in [0.717, 1.165) is 12.3 Å². The quantitative estimate of drug-likeness (QED) is 0.400. The Kier molecular flexibility index (Phi) is 8.40. The standard InChI is InChI=1S/C17H23N3OS.HI/c1-12(2)9-19-17(18)20-10-16-8-14(11-22-16)13-4-6-15(21-3)7-5-13;/h4-8,11-12H,9-10H2,1-3H3,(H3,18,19,20);1H. The maximum atomic E-state index is 5.85. The number of guanidine groups is 1. The lowest BCUT2D eigenvalue weighted by Gasteiger charge is -2.07. The lowest BCUT2D eigenvalue weighted by Crippen LogP contribution is -2.34. The Morgan fingerprint density at radius 2 is 1.96 bits per heavy atom. The van der Waals surface area contributed by atoms with Gasteiger partial charge in [-0.3, -0.25) is 0 Å². The fourth-order valence-corrected chi connectivity index (χ4v) is 2.74. The predicted molar refractivity (Wildman–Crippen MR) is 110 cm³/mol. The van der Waals surface area contributed by atoms with Crippen LogP contribution in [0.5, 0.6) is 5.75 Å². The molecule has 2 aromatic rings. The normalized spacial score (nSPS) is 11.2. The Morgan fingerprint density at radius 3 is 2.57 bits per heavy atom. The van der Waals surface area contributed by atoms with E-state index in [1.54, 1.807) is 18.4 Å². The summed E-state index contributed by atoms with van der Waals surface area (Å²) >= 11 is 1.70. The summed E-state index contributed by atoms with van der Waals surface area (Å²) in [6, 6.07) is 10.2. The molecule has 0 amide bonds. The van der Waals surface area contributed by atoms with Crippen molar-refractivity contribution in [3.63, 3.8) is 0 Å². The van der Waals surface area contributed by atoms with Gasteiger partial charge in [0.15, 0.2) is 5.96 Å². The molecule has 23 heavy (non-hydrogen) atoms. The molecule has 2 rings (SSSR count). The summed E-state index contributed by atoms with van der Waals surface area (Å²) in [5, 5.41) is 5.27. The van der Waals surface area contributed by atoms with E-state index in [4.69, 9.17) is 10.5 Å². The third-order valence-electron chi connectivity index (χ3n) is 3.17. The highest BCUT2D eigenvalue weighted by Crippen LogP contribution is 2.27. The molecule has 1 aromatic carbocycles. The summed E-state index contributed by atoms with van der Waals surface area (Å²) < 4.78 is 5.18. The van der Waals surface area contributed by atoms with Crippen LogP contribution < -0.4 is 15.8 Å². The van der Waals surface area contributed by atoms with Crippen molar-refractivity contribution in [2.45, 2.75) is 20.4 Å². The first-order chi connectivity index (χ1) is 10.6. The van der Waals surface area contributed by atoms with Crippen LogP contribution in [0.25, 0.3) is 11.1 Å². The average molecular weight is 445 g/mol. The van der Waals surface area contributed by atoms with Crippen molar-refractivity contribution in [3.8, 4) is 16.9 Å². The minimum Gasteiger partial charge on any atom is -0.497 e. The first kappa shape index (κ1) is 19.8. The van der Waals surface area contributed by atoms with Gasteiger partial charge in [-0.2, -0.15) is 0 Å². The smallest absolute Gasteiger partial charge is 0.188 e. The third-order valence-corrected chi connectivity index (χ3v) is 4.10. The predicted octanol–water partition coefficient (Wildman–Crippen LogP) is 4.10. The zero-order valence-corrected chi connectivity index (χ0v) is 16.9. The van der Waals surface area contributed by atoms with Crippen molar-refractivity contribution in [2.24, 2.45) is 16.6 Å². The molecule has 0 spiro atoms. The molecule has 1 aromatic heterocycles. The van der Waals surface area contributed by atoms with Gasteiger partial charge in [0, 0.05) is 11.4 Å². The highest BCUT2D eigenvalue weighted by molar-refractivity contribution is 14.0. The van der Waals surface area contributed by atoms with Gasteiger partial charge in [-0.05, 0) is 40.6 Å². The van der Waals surface area contributed by atoms with Gasteiger partial charge in [0.05, 0.1) is 13.7 Å². The Labute approximate surface area is 159 Å². The maximum absolute atomic E-state index is 5.85. The van der Waals surface area contributed by atoms with Crippen LogP contribution in [0.4, 0.5) is 0 Å². The molecule has 0 aliphatic heterocycles. The number of nitrogens with one attached hydrogen (secondary N) is 1. The van der Waals surface area contributed by atoms with Crippen LogP contribution >= 0.6 is 35.3 Å². The van der Waals surface area contributed by atoms with Gasteiger partial charge in [0.2, 0.25) is 0 Å². The first-order valence-corrected chi connectivity index (χ1v) is 8.22. The fraction of sp³-hybridized carbons (Fsp3) is 0.353. The van der Waals surface area contributed by atoms with E-state index < -0.39 is 0 Å². The number of ether oxygens (including phenoxy) is 1. The second kappa shape index (κ2) is 9.77. The monoisotopic (exact) mass is 445 g/mol. The fourth-order valence-electron chi connectivity index (χ4n) is 1.93. The SMILES string of the molecule is COc1ccc(-c2csc(CN=C(N)NCC(C)C)c2)cc1.I. The molecular weight excluding hydrogens is 421 g/mol. The molecule has 3 N–H and O–H groups in total. The molecule has 0 saturated heterocycles. The largest absolute Gasteiger partial charge is 0.497 e. The molecule has 1 heterocycles. The molecule has 0 radical (unpaired) electrons. The zero-order valence-electron chi connectivity index (χ0n) is 13.7. The second-order valence-electron chi connectivity index (χ2n) is 5.51. The number of benzene rings is 1. The van der Waals surface area contributed by atoms with Crippen LogP contribution in [0.2, 0.25) is 0 Å². The van der Waals surface area contributed by atoms with E-state index in [1.165, 1.54) is 16.0 Å². The first-order valence-electron chi connectivity index (χ1n) is 7.34. The Morgan fingerprint density at radius 1 is 1.26 bits per heavy atom. The molecular formula is C17H24IN3OS. The zero-order chi connectivity index (χ0) is 15.9. The maximum Gasteiger partial charge on any atom is 0.188 e. The Bertz CT molecular complexity index is 623. The topological polar surface area (TPSA) is 59.6 Å². The molecule has 4 nitrogen and oxygen atoms in total. The van der Waals surface area contributed by atoms with Crippen molar-refractivity contribution in [1.29, 1.82) is 0 Å². The number of methoxy groups -OCH3 is 1. The highest BCUT2D eigenvalue weighted by atomic mass is 127. The van der Waals surface area contributed by atoms with Gasteiger partial charge in [-0.1, -0.05) is 26.0 Å². The van der Waals surface area contributed by atoms with Crippen molar-refractivity contribution < 1.29 is 4.74 Å². The van der Waals surface area contributed by atoms with Crippen molar-refractivity contribution in [2.75, 3.05) is 13.7 Å². The summed E-state index contributed by atoms with van der Waals surface area (Å²) in [6.07, 6.45) is 0. The Balaban J connectivity index is 0.00000264.